The van der Waals surface area contributed by atoms with Crippen LogP contribution in [0.3, 0.4) is 0 Å². The zero-order valence-corrected chi connectivity index (χ0v) is 15.9. The Morgan fingerprint density at radius 3 is 2.81 bits per heavy atom. The summed E-state index contributed by atoms with van der Waals surface area (Å²) in [6, 6.07) is 10.4. The van der Waals surface area contributed by atoms with E-state index in [0.717, 1.165) is 5.56 Å². The molecule has 1 unspecified atom stereocenters. The van der Waals surface area contributed by atoms with Crippen LogP contribution >= 0.6 is 11.6 Å². The number of anilines is 1. The minimum atomic E-state index is -3.84. The van der Waals surface area contributed by atoms with Crippen LogP contribution in [0.1, 0.15) is 12.0 Å². The SMILES string of the molecule is N#CN1CCC(NS(=O)(=O)c2cc(NCc3cccc(F)c3)ccc2Cl)C1. The summed E-state index contributed by atoms with van der Waals surface area (Å²) in [5.74, 6) is -0.333. The Balaban J connectivity index is 1.73. The third kappa shape index (κ3) is 4.89. The van der Waals surface area contributed by atoms with Gasteiger partial charge in [-0.3, -0.25) is 0 Å². The molecule has 0 radical (unpaired) electrons. The molecular weight excluding hydrogens is 391 g/mol. The number of halogens is 2. The third-order valence-corrected chi connectivity index (χ3v) is 6.26. The summed E-state index contributed by atoms with van der Waals surface area (Å²) in [5.41, 5.74) is 1.28. The minimum absolute atomic E-state index is 0.0381. The molecule has 6 nitrogen and oxygen atoms in total. The Morgan fingerprint density at radius 1 is 1.30 bits per heavy atom. The van der Waals surface area contributed by atoms with Crippen molar-refractivity contribution in [1.82, 2.24) is 9.62 Å². The molecule has 1 heterocycles. The maximum absolute atomic E-state index is 13.3. The third-order valence-electron chi connectivity index (χ3n) is 4.26. The van der Waals surface area contributed by atoms with E-state index in [-0.39, 0.29) is 21.8 Å². The molecule has 3 rings (SSSR count). The zero-order valence-electron chi connectivity index (χ0n) is 14.3. The van der Waals surface area contributed by atoms with E-state index in [1.54, 1.807) is 18.2 Å². The molecule has 0 aromatic heterocycles. The second-order valence-electron chi connectivity index (χ2n) is 6.28. The summed E-state index contributed by atoms with van der Waals surface area (Å²) >= 11 is 6.10. The second-order valence-corrected chi connectivity index (χ2v) is 8.37. The van der Waals surface area contributed by atoms with Gasteiger partial charge in [0, 0.05) is 31.4 Å². The van der Waals surface area contributed by atoms with Crippen LogP contribution in [0.4, 0.5) is 10.1 Å². The maximum atomic E-state index is 13.3. The van der Waals surface area contributed by atoms with Crippen molar-refractivity contribution in [1.29, 1.82) is 5.26 Å². The molecule has 2 aromatic carbocycles. The largest absolute Gasteiger partial charge is 0.381 e. The lowest BCUT2D eigenvalue weighted by atomic mass is 10.2. The number of likely N-dealkylation sites (tertiary alicyclic amines) is 1. The molecule has 27 heavy (non-hydrogen) atoms. The lowest BCUT2D eigenvalue weighted by Crippen LogP contribution is -2.36. The van der Waals surface area contributed by atoms with Gasteiger partial charge in [0.15, 0.2) is 6.19 Å². The van der Waals surface area contributed by atoms with Crippen LogP contribution in [-0.4, -0.2) is 32.4 Å². The summed E-state index contributed by atoms with van der Waals surface area (Å²) in [5, 5.41) is 12.1. The Kier molecular flexibility index (Phi) is 5.85. The topological polar surface area (TPSA) is 85.2 Å². The Bertz CT molecular complexity index is 978. The molecule has 0 bridgehead atoms. The first-order chi connectivity index (χ1) is 12.9. The van der Waals surface area contributed by atoms with Crippen LogP contribution < -0.4 is 10.0 Å². The van der Waals surface area contributed by atoms with Gasteiger partial charge in [0.25, 0.3) is 0 Å². The summed E-state index contributed by atoms with van der Waals surface area (Å²) in [7, 11) is -3.84. The first-order valence-electron chi connectivity index (χ1n) is 8.32. The van der Waals surface area contributed by atoms with Crippen LogP contribution in [0, 0.1) is 17.3 Å². The highest BCUT2D eigenvalue weighted by Crippen LogP contribution is 2.26. The summed E-state index contributed by atoms with van der Waals surface area (Å²) in [6.45, 7) is 1.20. The predicted octanol–water partition coefficient (Wildman–Crippen LogP) is 2.92. The number of nitrogens with one attached hydrogen (secondary N) is 2. The van der Waals surface area contributed by atoms with E-state index in [1.165, 1.54) is 29.2 Å². The van der Waals surface area contributed by atoms with Gasteiger partial charge in [-0.1, -0.05) is 23.7 Å². The number of hydrogen-bond acceptors (Lipinski definition) is 5. The monoisotopic (exact) mass is 408 g/mol. The Hall–Kier alpha value is -2.34. The quantitative estimate of drug-likeness (QED) is 0.718. The maximum Gasteiger partial charge on any atom is 0.242 e. The highest BCUT2D eigenvalue weighted by molar-refractivity contribution is 7.89. The van der Waals surface area contributed by atoms with Gasteiger partial charge >= 0.3 is 0 Å². The van der Waals surface area contributed by atoms with Crippen molar-refractivity contribution in [2.45, 2.75) is 23.9 Å². The molecule has 9 heteroatoms. The van der Waals surface area contributed by atoms with E-state index >= 15 is 0 Å². The first-order valence-corrected chi connectivity index (χ1v) is 10.2. The normalized spacial score (nSPS) is 16.9. The van der Waals surface area contributed by atoms with E-state index in [9.17, 15) is 12.8 Å². The Labute approximate surface area is 162 Å². The fourth-order valence-corrected chi connectivity index (χ4v) is 4.69. The molecule has 0 spiro atoms. The summed E-state index contributed by atoms with van der Waals surface area (Å²) in [4.78, 5) is 1.47. The first kappa shape index (κ1) is 19.4. The predicted molar refractivity (Wildman–Crippen MR) is 101 cm³/mol. The van der Waals surface area contributed by atoms with Crippen LogP contribution in [0.2, 0.25) is 5.02 Å². The highest BCUT2D eigenvalue weighted by Gasteiger charge is 2.28. The van der Waals surface area contributed by atoms with Crippen molar-refractivity contribution in [3.63, 3.8) is 0 Å². The lowest BCUT2D eigenvalue weighted by molar-refractivity contribution is 0.470. The van der Waals surface area contributed by atoms with Crippen molar-refractivity contribution in [2.75, 3.05) is 18.4 Å². The van der Waals surface area contributed by atoms with Gasteiger partial charge in [0.2, 0.25) is 10.0 Å². The van der Waals surface area contributed by atoms with Gasteiger partial charge in [0.1, 0.15) is 10.7 Å². The molecular formula is C18H18ClFN4O2S. The number of hydrogen-bond donors (Lipinski definition) is 2. The number of nitrogens with zero attached hydrogens (tertiary/aromatic N) is 2. The fraction of sp³-hybridized carbons (Fsp3) is 0.278. The van der Waals surface area contributed by atoms with E-state index in [1.807, 2.05) is 6.19 Å². The van der Waals surface area contributed by atoms with Gasteiger partial charge in [0.05, 0.1) is 5.02 Å². The molecule has 0 amide bonds. The van der Waals surface area contributed by atoms with E-state index in [2.05, 4.69) is 10.0 Å². The number of nitriles is 1. The van der Waals surface area contributed by atoms with Crippen LogP contribution in [-0.2, 0) is 16.6 Å². The van der Waals surface area contributed by atoms with Crippen molar-refractivity contribution >= 4 is 27.3 Å². The van der Waals surface area contributed by atoms with Crippen LogP contribution in [0.15, 0.2) is 47.4 Å². The van der Waals surface area contributed by atoms with Gasteiger partial charge in [-0.05, 0) is 42.3 Å². The average molecular weight is 409 g/mol. The Morgan fingerprint density at radius 2 is 2.11 bits per heavy atom. The molecule has 0 aliphatic carbocycles. The number of benzene rings is 2. The van der Waals surface area contributed by atoms with Gasteiger partial charge in [-0.2, -0.15) is 5.26 Å². The second kappa shape index (κ2) is 8.13. The van der Waals surface area contributed by atoms with Gasteiger partial charge in [-0.15, -0.1) is 0 Å². The molecule has 1 atom stereocenters. The molecule has 1 saturated heterocycles. The van der Waals surface area contributed by atoms with Crippen molar-refractivity contribution < 1.29 is 12.8 Å². The van der Waals surface area contributed by atoms with Crippen LogP contribution in [0.5, 0.6) is 0 Å². The molecule has 1 aliphatic rings. The highest BCUT2D eigenvalue weighted by atomic mass is 35.5. The molecule has 1 aliphatic heterocycles. The molecule has 2 N–H and O–H groups in total. The molecule has 1 fully saturated rings. The molecule has 0 saturated carbocycles. The van der Waals surface area contributed by atoms with E-state index in [0.29, 0.717) is 31.7 Å². The number of sulfonamides is 1. The minimum Gasteiger partial charge on any atom is -0.381 e. The van der Waals surface area contributed by atoms with E-state index in [4.69, 9.17) is 16.9 Å². The van der Waals surface area contributed by atoms with Crippen LogP contribution in [0.25, 0.3) is 0 Å². The zero-order chi connectivity index (χ0) is 19.4. The van der Waals surface area contributed by atoms with Crippen molar-refractivity contribution in [3.05, 3.63) is 58.9 Å². The standard InChI is InChI=1S/C18H18ClFN4O2S/c19-17-5-4-15(22-10-13-2-1-3-14(20)8-13)9-18(17)27(25,26)23-16-6-7-24(11-16)12-21/h1-5,8-9,16,22-23H,6-7,10-11H2. The number of rotatable bonds is 6. The average Bonchev–Trinajstić information content (AvgIpc) is 3.08. The summed E-state index contributed by atoms with van der Waals surface area (Å²) in [6.07, 6.45) is 2.57. The fourth-order valence-electron chi connectivity index (χ4n) is 2.90. The van der Waals surface area contributed by atoms with Crippen molar-refractivity contribution in [2.24, 2.45) is 0 Å². The summed E-state index contributed by atoms with van der Waals surface area (Å²) < 4.78 is 41.3. The lowest BCUT2D eigenvalue weighted by Gasteiger charge is -2.15. The van der Waals surface area contributed by atoms with E-state index < -0.39 is 10.0 Å². The van der Waals surface area contributed by atoms with Gasteiger partial charge < -0.3 is 10.2 Å². The molecule has 142 valence electrons. The smallest absolute Gasteiger partial charge is 0.242 e. The van der Waals surface area contributed by atoms with Crippen molar-refractivity contribution in [3.8, 4) is 6.19 Å². The van der Waals surface area contributed by atoms with Gasteiger partial charge in [-0.25, -0.2) is 17.5 Å². The molecule has 2 aromatic rings.